The van der Waals surface area contributed by atoms with Crippen LogP contribution in [0.25, 0.3) is 0 Å². The Hall–Kier alpha value is -1.39. The Labute approximate surface area is 145 Å². The second-order valence-electron chi connectivity index (χ2n) is 7.76. The van der Waals surface area contributed by atoms with Gasteiger partial charge in [-0.1, -0.05) is 40.0 Å². The third-order valence-electron chi connectivity index (χ3n) is 6.38. The second kappa shape index (κ2) is 7.24. The predicted molar refractivity (Wildman–Crippen MR) is 93.5 cm³/mol. The molecule has 0 N–H and O–H groups in total. The number of amides is 3. The van der Waals surface area contributed by atoms with E-state index in [1.807, 2.05) is 13.8 Å². The van der Waals surface area contributed by atoms with Gasteiger partial charge in [-0.25, -0.2) is 4.79 Å². The van der Waals surface area contributed by atoms with Gasteiger partial charge in [0.1, 0.15) is 5.54 Å². The molecule has 1 saturated carbocycles. The minimum absolute atomic E-state index is 0.0122. The van der Waals surface area contributed by atoms with Crippen molar-refractivity contribution in [2.75, 3.05) is 13.6 Å². The Morgan fingerprint density at radius 2 is 1.96 bits per heavy atom. The Bertz CT molecular complexity index is 519. The fourth-order valence-electron chi connectivity index (χ4n) is 4.64. The molecule has 4 atom stereocenters. The van der Waals surface area contributed by atoms with E-state index >= 15 is 0 Å². The number of Topliss-reactive ketones (excluding diaryl/α,β-unsaturated/α-hetero) is 1. The zero-order valence-corrected chi connectivity index (χ0v) is 15.8. The van der Waals surface area contributed by atoms with Gasteiger partial charge in [-0.15, -0.1) is 0 Å². The molecule has 0 aromatic carbocycles. The van der Waals surface area contributed by atoms with Gasteiger partial charge >= 0.3 is 6.03 Å². The number of carbonyl (C=O) groups is 3. The molecule has 2 rings (SSSR count). The molecular formula is C19H32N2O3. The quantitative estimate of drug-likeness (QED) is 0.669. The van der Waals surface area contributed by atoms with E-state index in [9.17, 15) is 14.4 Å². The van der Waals surface area contributed by atoms with Crippen LogP contribution in [0.15, 0.2) is 0 Å². The first-order chi connectivity index (χ1) is 11.3. The summed E-state index contributed by atoms with van der Waals surface area (Å²) in [6.07, 6.45) is 5.68. The highest BCUT2D eigenvalue weighted by Crippen LogP contribution is 2.45. The molecule has 1 aliphatic heterocycles. The standard InChI is InChI=1S/C19H32N2O3/c1-6-9-14(7-2)16(22)12-21-17(23)19(4,20(5)18(21)24)15-11-8-10-13(15)3/h13-15H,6-12H2,1-5H3. The fraction of sp³-hybridized carbons (Fsp3) is 0.842. The molecule has 3 amide bonds. The summed E-state index contributed by atoms with van der Waals surface area (Å²) >= 11 is 0. The first-order valence-electron chi connectivity index (χ1n) is 9.41. The highest BCUT2D eigenvalue weighted by molar-refractivity contribution is 6.09. The molecule has 24 heavy (non-hydrogen) atoms. The number of rotatable bonds is 7. The van der Waals surface area contributed by atoms with Crippen molar-refractivity contribution < 1.29 is 14.4 Å². The second-order valence-corrected chi connectivity index (χ2v) is 7.76. The lowest BCUT2D eigenvalue weighted by atomic mass is 9.78. The van der Waals surface area contributed by atoms with E-state index in [1.54, 1.807) is 11.9 Å². The van der Waals surface area contributed by atoms with Crippen molar-refractivity contribution in [3.05, 3.63) is 0 Å². The lowest BCUT2D eigenvalue weighted by Gasteiger charge is -2.36. The minimum Gasteiger partial charge on any atom is -0.313 e. The van der Waals surface area contributed by atoms with Crippen molar-refractivity contribution in [1.29, 1.82) is 0 Å². The maximum Gasteiger partial charge on any atom is 0.327 e. The van der Waals surface area contributed by atoms with Gasteiger partial charge in [0.25, 0.3) is 5.91 Å². The smallest absolute Gasteiger partial charge is 0.313 e. The van der Waals surface area contributed by atoms with Crippen molar-refractivity contribution >= 4 is 17.7 Å². The van der Waals surface area contributed by atoms with E-state index in [4.69, 9.17) is 0 Å². The Morgan fingerprint density at radius 1 is 1.29 bits per heavy atom. The molecule has 5 heteroatoms. The monoisotopic (exact) mass is 336 g/mol. The fourth-order valence-corrected chi connectivity index (χ4v) is 4.64. The maximum atomic E-state index is 13.1. The molecule has 136 valence electrons. The van der Waals surface area contributed by atoms with Crippen molar-refractivity contribution in [3.63, 3.8) is 0 Å². The van der Waals surface area contributed by atoms with Crippen LogP contribution in [0.1, 0.15) is 66.2 Å². The van der Waals surface area contributed by atoms with Gasteiger partial charge in [0.05, 0.1) is 6.54 Å². The molecule has 2 fully saturated rings. The highest BCUT2D eigenvalue weighted by Gasteiger charge is 2.58. The van der Waals surface area contributed by atoms with Gasteiger partial charge < -0.3 is 4.90 Å². The van der Waals surface area contributed by atoms with Gasteiger partial charge in [-0.2, -0.15) is 0 Å². The summed E-state index contributed by atoms with van der Waals surface area (Å²) in [5.41, 5.74) is -0.806. The molecule has 0 spiro atoms. The van der Waals surface area contributed by atoms with E-state index < -0.39 is 5.54 Å². The van der Waals surface area contributed by atoms with Crippen molar-refractivity contribution in [3.8, 4) is 0 Å². The number of urea groups is 1. The number of carbonyl (C=O) groups excluding carboxylic acids is 3. The van der Waals surface area contributed by atoms with Gasteiger partial charge in [0, 0.05) is 13.0 Å². The minimum atomic E-state index is -0.806. The van der Waals surface area contributed by atoms with Crippen LogP contribution >= 0.6 is 0 Å². The molecular weight excluding hydrogens is 304 g/mol. The molecule has 0 aromatic rings. The number of hydrogen-bond donors (Lipinski definition) is 0. The summed E-state index contributed by atoms with van der Waals surface area (Å²) in [5.74, 6) is 0.370. The third kappa shape index (κ3) is 2.98. The topological polar surface area (TPSA) is 57.7 Å². The van der Waals surface area contributed by atoms with Crippen LogP contribution in [0.3, 0.4) is 0 Å². The first kappa shape index (κ1) is 18.9. The summed E-state index contributed by atoms with van der Waals surface area (Å²) in [4.78, 5) is 41.1. The lowest BCUT2D eigenvalue weighted by Crippen LogP contribution is -2.52. The molecule has 1 saturated heterocycles. The molecule has 0 aromatic heterocycles. The summed E-state index contributed by atoms with van der Waals surface area (Å²) in [6, 6.07) is -0.318. The van der Waals surface area contributed by atoms with E-state index in [0.29, 0.717) is 5.92 Å². The Balaban J connectivity index is 2.19. The van der Waals surface area contributed by atoms with Crippen LogP contribution in [-0.4, -0.2) is 46.7 Å². The van der Waals surface area contributed by atoms with Crippen molar-refractivity contribution in [1.82, 2.24) is 9.80 Å². The normalized spacial score (nSPS) is 31.9. The van der Waals surface area contributed by atoms with Gasteiger partial charge in [0.15, 0.2) is 5.78 Å². The zero-order chi connectivity index (χ0) is 18.1. The van der Waals surface area contributed by atoms with Crippen molar-refractivity contribution in [2.45, 2.75) is 71.8 Å². The van der Waals surface area contributed by atoms with E-state index in [1.165, 1.54) is 4.90 Å². The van der Waals surface area contributed by atoms with Gasteiger partial charge in [0.2, 0.25) is 0 Å². The number of likely N-dealkylation sites (N-methyl/N-ethyl adjacent to an activating group) is 1. The average Bonchev–Trinajstić information content (AvgIpc) is 3.06. The summed E-state index contributed by atoms with van der Waals surface area (Å²) in [6.45, 7) is 8.01. The van der Waals surface area contributed by atoms with Gasteiger partial charge in [-0.05, 0) is 38.0 Å². The molecule has 5 nitrogen and oxygen atoms in total. The number of nitrogens with zero attached hydrogens (tertiary/aromatic N) is 2. The van der Waals surface area contributed by atoms with E-state index in [0.717, 1.165) is 38.5 Å². The molecule has 2 aliphatic rings. The van der Waals surface area contributed by atoms with Crippen molar-refractivity contribution in [2.24, 2.45) is 17.8 Å². The van der Waals surface area contributed by atoms with E-state index in [-0.39, 0.29) is 36.1 Å². The van der Waals surface area contributed by atoms with Crippen LogP contribution in [0, 0.1) is 17.8 Å². The van der Waals surface area contributed by atoms with Gasteiger partial charge in [-0.3, -0.25) is 14.5 Å². The first-order valence-corrected chi connectivity index (χ1v) is 9.41. The van der Waals surface area contributed by atoms with Crippen LogP contribution in [0.4, 0.5) is 4.79 Å². The highest BCUT2D eigenvalue weighted by atomic mass is 16.2. The molecule has 1 heterocycles. The van der Waals surface area contributed by atoms with Crippen LogP contribution in [0.2, 0.25) is 0 Å². The Kier molecular flexibility index (Phi) is 5.71. The summed E-state index contributed by atoms with van der Waals surface area (Å²) < 4.78 is 0. The number of hydrogen-bond acceptors (Lipinski definition) is 3. The summed E-state index contributed by atoms with van der Waals surface area (Å²) in [5, 5.41) is 0. The van der Waals surface area contributed by atoms with Crippen LogP contribution < -0.4 is 0 Å². The third-order valence-corrected chi connectivity index (χ3v) is 6.38. The largest absolute Gasteiger partial charge is 0.327 e. The zero-order valence-electron chi connectivity index (χ0n) is 15.8. The Morgan fingerprint density at radius 3 is 2.46 bits per heavy atom. The van der Waals surface area contributed by atoms with E-state index in [2.05, 4.69) is 13.8 Å². The number of ketones is 1. The lowest BCUT2D eigenvalue weighted by molar-refractivity contribution is -0.138. The SMILES string of the molecule is CCCC(CC)C(=O)CN1C(=O)N(C)C(C)(C2CCCC2C)C1=O. The molecule has 0 radical (unpaired) electrons. The predicted octanol–water partition coefficient (Wildman–Crippen LogP) is 3.47. The molecule has 4 unspecified atom stereocenters. The summed E-state index contributed by atoms with van der Waals surface area (Å²) in [7, 11) is 1.71. The average molecular weight is 336 g/mol. The molecule has 1 aliphatic carbocycles. The number of imide groups is 1. The maximum absolute atomic E-state index is 13.1. The van der Waals surface area contributed by atoms with Crippen LogP contribution in [0.5, 0.6) is 0 Å². The molecule has 0 bridgehead atoms. The van der Waals surface area contributed by atoms with Crippen LogP contribution in [-0.2, 0) is 9.59 Å².